The maximum absolute atomic E-state index is 9.72. The van der Waals surface area contributed by atoms with Crippen LogP contribution in [0.4, 0.5) is 0 Å². The van der Waals surface area contributed by atoms with Crippen molar-refractivity contribution in [3.8, 4) is 11.5 Å². The first-order valence-electron chi connectivity index (χ1n) is 7.28. The van der Waals surface area contributed by atoms with E-state index >= 15 is 0 Å². The molecule has 2 N–H and O–H groups in total. The molecule has 4 nitrogen and oxygen atoms in total. The smallest absolute Gasteiger partial charge is 0.160 e. The number of nitrogens with one attached hydrogen (secondary N) is 1. The molecular formula is C16H28N2O2. The van der Waals surface area contributed by atoms with Gasteiger partial charge in [-0.25, -0.2) is 0 Å². The van der Waals surface area contributed by atoms with E-state index in [2.05, 4.69) is 37.9 Å². The third-order valence-corrected chi connectivity index (χ3v) is 3.45. The molecule has 0 aliphatic carbocycles. The van der Waals surface area contributed by atoms with Gasteiger partial charge < -0.3 is 15.2 Å². The van der Waals surface area contributed by atoms with E-state index in [1.54, 1.807) is 19.2 Å². The van der Waals surface area contributed by atoms with Crippen molar-refractivity contribution in [3.05, 3.63) is 23.8 Å². The monoisotopic (exact) mass is 280 g/mol. The average Bonchev–Trinajstić information content (AvgIpc) is 2.37. The summed E-state index contributed by atoms with van der Waals surface area (Å²) in [7, 11) is 1.55. The Morgan fingerprint density at radius 2 is 1.85 bits per heavy atom. The van der Waals surface area contributed by atoms with E-state index in [1.165, 1.54) is 0 Å². The van der Waals surface area contributed by atoms with Gasteiger partial charge in [0.15, 0.2) is 11.5 Å². The molecule has 4 heteroatoms. The van der Waals surface area contributed by atoms with Gasteiger partial charge in [0.1, 0.15) is 0 Å². The van der Waals surface area contributed by atoms with Crippen molar-refractivity contribution in [2.45, 2.75) is 46.3 Å². The van der Waals surface area contributed by atoms with Gasteiger partial charge >= 0.3 is 0 Å². The Labute approximate surface area is 122 Å². The lowest BCUT2D eigenvalue weighted by Crippen LogP contribution is -2.41. The molecule has 0 radical (unpaired) electrons. The Bertz CT molecular complexity index is 397. The molecule has 0 aliphatic heterocycles. The summed E-state index contributed by atoms with van der Waals surface area (Å²) in [5.41, 5.74) is 1.06. The maximum atomic E-state index is 9.72. The van der Waals surface area contributed by atoms with Crippen molar-refractivity contribution in [1.29, 1.82) is 0 Å². The van der Waals surface area contributed by atoms with E-state index < -0.39 is 0 Å². The predicted molar refractivity (Wildman–Crippen MR) is 83.3 cm³/mol. The van der Waals surface area contributed by atoms with Crippen molar-refractivity contribution < 1.29 is 9.84 Å². The summed E-state index contributed by atoms with van der Waals surface area (Å²) >= 11 is 0. The van der Waals surface area contributed by atoms with Gasteiger partial charge in [-0.3, -0.25) is 4.90 Å². The third-order valence-electron chi connectivity index (χ3n) is 3.45. The topological polar surface area (TPSA) is 44.7 Å². The minimum absolute atomic E-state index is 0.192. The first-order chi connectivity index (χ1) is 9.45. The van der Waals surface area contributed by atoms with Crippen LogP contribution in [0.1, 0.15) is 33.3 Å². The van der Waals surface area contributed by atoms with Crippen LogP contribution in [0, 0.1) is 0 Å². The molecule has 0 atom stereocenters. The Hall–Kier alpha value is -1.26. The lowest BCUT2D eigenvalue weighted by molar-refractivity contribution is 0.176. The highest BCUT2D eigenvalue weighted by molar-refractivity contribution is 5.41. The average molecular weight is 280 g/mol. The molecule has 1 rings (SSSR count). The van der Waals surface area contributed by atoms with Crippen LogP contribution in [0.3, 0.4) is 0 Å². The summed E-state index contributed by atoms with van der Waals surface area (Å²) in [6.07, 6.45) is 0. The lowest BCUT2D eigenvalue weighted by Gasteiger charge is -2.30. The molecule has 0 saturated heterocycles. The van der Waals surface area contributed by atoms with E-state index in [0.717, 1.165) is 25.2 Å². The summed E-state index contributed by atoms with van der Waals surface area (Å²) < 4.78 is 5.03. The Morgan fingerprint density at radius 1 is 1.20 bits per heavy atom. The summed E-state index contributed by atoms with van der Waals surface area (Å²) in [6, 6.07) is 6.62. The van der Waals surface area contributed by atoms with E-state index in [4.69, 9.17) is 4.74 Å². The fourth-order valence-corrected chi connectivity index (χ4v) is 2.40. The van der Waals surface area contributed by atoms with E-state index in [1.807, 2.05) is 6.07 Å². The van der Waals surface area contributed by atoms with Crippen LogP contribution >= 0.6 is 0 Å². The Kier molecular flexibility index (Phi) is 6.82. The zero-order valence-corrected chi connectivity index (χ0v) is 13.3. The number of benzene rings is 1. The number of aromatic hydroxyl groups is 1. The second kappa shape index (κ2) is 8.12. The van der Waals surface area contributed by atoms with Crippen LogP contribution in [0.25, 0.3) is 0 Å². The maximum Gasteiger partial charge on any atom is 0.160 e. The number of phenols is 1. The number of nitrogens with zero attached hydrogens (tertiary/aromatic N) is 1. The highest BCUT2D eigenvalue weighted by Gasteiger charge is 2.12. The summed E-state index contributed by atoms with van der Waals surface area (Å²) in [5, 5.41) is 13.1. The molecule has 0 amide bonds. The van der Waals surface area contributed by atoms with Crippen molar-refractivity contribution in [2.24, 2.45) is 0 Å². The van der Waals surface area contributed by atoms with Gasteiger partial charge in [-0.1, -0.05) is 6.07 Å². The van der Waals surface area contributed by atoms with Crippen molar-refractivity contribution in [1.82, 2.24) is 10.2 Å². The molecule has 0 heterocycles. The number of phenolic OH excluding ortho intramolecular Hbond substituents is 1. The van der Waals surface area contributed by atoms with E-state index in [9.17, 15) is 5.11 Å². The molecule has 0 aromatic heterocycles. The number of rotatable bonds is 8. The van der Waals surface area contributed by atoms with E-state index in [0.29, 0.717) is 17.8 Å². The van der Waals surface area contributed by atoms with E-state index in [-0.39, 0.29) is 5.75 Å². The molecule has 0 saturated carbocycles. The van der Waals surface area contributed by atoms with Crippen LogP contribution in [-0.4, -0.2) is 42.3 Å². The number of methoxy groups -OCH3 is 1. The van der Waals surface area contributed by atoms with Gasteiger partial charge in [-0.2, -0.15) is 0 Å². The number of ether oxygens (including phenoxy) is 1. The second-order valence-corrected chi connectivity index (χ2v) is 5.61. The molecule has 20 heavy (non-hydrogen) atoms. The minimum atomic E-state index is 0.192. The highest BCUT2D eigenvalue weighted by Crippen LogP contribution is 2.25. The molecule has 1 aromatic rings. The zero-order valence-electron chi connectivity index (χ0n) is 13.3. The second-order valence-electron chi connectivity index (χ2n) is 5.61. The van der Waals surface area contributed by atoms with Gasteiger partial charge in [-0.05, 0) is 45.4 Å². The normalized spacial score (nSPS) is 11.6. The number of hydrogen-bond donors (Lipinski definition) is 2. The van der Waals surface area contributed by atoms with Crippen LogP contribution in [0.15, 0.2) is 18.2 Å². The molecular weight excluding hydrogens is 252 g/mol. The van der Waals surface area contributed by atoms with Crippen LogP contribution in [0.5, 0.6) is 11.5 Å². The SMILES string of the molecule is COc1ccc(CNCCN(C(C)C)C(C)C)cc1O. The molecule has 0 aliphatic rings. The van der Waals surface area contributed by atoms with Crippen molar-refractivity contribution >= 4 is 0 Å². The minimum Gasteiger partial charge on any atom is -0.504 e. The van der Waals surface area contributed by atoms with Gasteiger partial charge in [0.25, 0.3) is 0 Å². The quantitative estimate of drug-likeness (QED) is 0.719. The van der Waals surface area contributed by atoms with Crippen molar-refractivity contribution in [3.63, 3.8) is 0 Å². The Balaban J connectivity index is 2.39. The van der Waals surface area contributed by atoms with Crippen LogP contribution in [-0.2, 0) is 6.54 Å². The fraction of sp³-hybridized carbons (Fsp3) is 0.625. The lowest BCUT2D eigenvalue weighted by atomic mass is 10.2. The zero-order chi connectivity index (χ0) is 15.1. The van der Waals surface area contributed by atoms with Gasteiger partial charge in [0.2, 0.25) is 0 Å². The number of hydrogen-bond acceptors (Lipinski definition) is 4. The molecule has 0 fully saturated rings. The van der Waals surface area contributed by atoms with Gasteiger partial charge in [-0.15, -0.1) is 0 Å². The summed E-state index contributed by atoms with van der Waals surface area (Å²) in [6.45, 7) is 11.6. The van der Waals surface area contributed by atoms with Crippen molar-refractivity contribution in [2.75, 3.05) is 20.2 Å². The summed E-state index contributed by atoms with van der Waals surface area (Å²) in [5.74, 6) is 0.706. The van der Waals surface area contributed by atoms with Crippen LogP contribution in [0.2, 0.25) is 0 Å². The predicted octanol–water partition coefficient (Wildman–Crippen LogP) is 2.61. The standard InChI is InChI=1S/C16H28N2O2/c1-12(2)18(13(3)4)9-8-17-11-14-6-7-16(20-5)15(19)10-14/h6-7,10,12-13,17,19H,8-9,11H2,1-5H3. The molecule has 0 unspecified atom stereocenters. The summed E-state index contributed by atoms with van der Waals surface area (Å²) in [4.78, 5) is 2.46. The van der Waals surface area contributed by atoms with Crippen LogP contribution < -0.4 is 10.1 Å². The molecule has 0 spiro atoms. The molecule has 114 valence electrons. The first kappa shape index (κ1) is 16.8. The molecule has 1 aromatic carbocycles. The fourth-order valence-electron chi connectivity index (χ4n) is 2.40. The highest BCUT2D eigenvalue weighted by atomic mass is 16.5. The Morgan fingerprint density at radius 3 is 2.35 bits per heavy atom. The largest absolute Gasteiger partial charge is 0.504 e. The van der Waals surface area contributed by atoms with Gasteiger partial charge in [0, 0.05) is 31.7 Å². The first-order valence-corrected chi connectivity index (χ1v) is 7.28. The molecule has 0 bridgehead atoms. The third kappa shape index (κ3) is 5.02. The van der Waals surface area contributed by atoms with Gasteiger partial charge in [0.05, 0.1) is 7.11 Å².